The molecule has 1 aliphatic rings. The third-order valence-electron chi connectivity index (χ3n) is 6.13. The molecule has 0 aromatic heterocycles. The highest BCUT2D eigenvalue weighted by Crippen LogP contribution is 2.21. The average molecular weight is 460 g/mol. The van der Waals surface area contributed by atoms with Crippen molar-refractivity contribution in [1.29, 1.82) is 0 Å². The summed E-state index contributed by atoms with van der Waals surface area (Å²) in [5.74, 6) is 0.977. The first-order chi connectivity index (χ1) is 15.2. The topological polar surface area (TPSA) is 70.2 Å². The standard InChI is InChI=1S/C24H33N3O4S/c1-19(21-7-11-23(12-8-21)32(4,29)30)25(2)18-24(28)27-15-13-26(14-16-27)17-20-5-9-22(31-3)10-6-20/h5-12,19H,13-18H2,1-4H3. The third kappa shape index (κ3) is 6.31. The quantitative estimate of drug-likeness (QED) is 0.604. The lowest BCUT2D eigenvalue weighted by molar-refractivity contribution is -0.134. The molecule has 8 heteroatoms. The number of sulfone groups is 1. The molecule has 7 nitrogen and oxygen atoms in total. The summed E-state index contributed by atoms with van der Waals surface area (Å²) in [6.45, 7) is 6.37. The zero-order chi connectivity index (χ0) is 23.3. The molecule has 32 heavy (non-hydrogen) atoms. The molecule has 2 aromatic carbocycles. The Balaban J connectivity index is 1.48. The van der Waals surface area contributed by atoms with Gasteiger partial charge >= 0.3 is 0 Å². The number of carbonyl (C=O) groups is 1. The van der Waals surface area contributed by atoms with Gasteiger partial charge in [-0.15, -0.1) is 0 Å². The van der Waals surface area contributed by atoms with Gasteiger partial charge in [-0.3, -0.25) is 14.6 Å². The smallest absolute Gasteiger partial charge is 0.236 e. The van der Waals surface area contributed by atoms with E-state index in [4.69, 9.17) is 4.74 Å². The summed E-state index contributed by atoms with van der Waals surface area (Å²) >= 11 is 0. The van der Waals surface area contributed by atoms with Crippen LogP contribution in [0.3, 0.4) is 0 Å². The second kappa shape index (κ2) is 10.5. The van der Waals surface area contributed by atoms with E-state index in [0.29, 0.717) is 11.4 Å². The predicted molar refractivity (Wildman–Crippen MR) is 125 cm³/mol. The second-order valence-corrected chi connectivity index (χ2v) is 10.5. The number of amides is 1. The number of ether oxygens (including phenoxy) is 1. The van der Waals surface area contributed by atoms with E-state index >= 15 is 0 Å². The van der Waals surface area contributed by atoms with E-state index in [-0.39, 0.29) is 11.9 Å². The maximum atomic E-state index is 12.8. The Morgan fingerprint density at radius 2 is 1.62 bits per heavy atom. The lowest BCUT2D eigenvalue weighted by atomic mass is 10.1. The zero-order valence-electron chi connectivity index (χ0n) is 19.3. The molecule has 1 atom stereocenters. The molecule has 0 aliphatic carbocycles. The number of rotatable bonds is 8. The third-order valence-corrected chi connectivity index (χ3v) is 7.26. The number of carbonyl (C=O) groups excluding carboxylic acids is 1. The SMILES string of the molecule is COc1ccc(CN2CCN(C(=O)CN(C)C(C)c3ccc(S(C)(=O)=O)cc3)CC2)cc1. The van der Waals surface area contributed by atoms with Gasteiger partial charge in [0.2, 0.25) is 5.91 Å². The van der Waals surface area contributed by atoms with E-state index in [0.717, 1.165) is 44.0 Å². The van der Waals surface area contributed by atoms with Crippen molar-refractivity contribution in [3.8, 4) is 5.75 Å². The summed E-state index contributed by atoms with van der Waals surface area (Å²) in [5.41, 5.74) is 2.22. The normalized spacial score (nSPS) is 16.2. The molecule has 0 spiro atoms. The van der Waals surface area contributed by atoms with Gasteiger partial charge in [0.25, 0.3) is 0 Å². The predicted octanol–water partition coefficient (Wildman–Crippen LogP) is 2.44. The van der Waals surface area contributed by atoms with Crippen LogP contribution in [0.15, 0.2) is 53.4 Å². The highest BCUT2D eigenvalue weighted by Gasteiger charge is 2.23. The molecule has 3 rings (SSSR count). The number of likely N-dealkylation sites (N-methyl/N-ethyl adjacent to an activating group) is 1. The van der Waals surface area contributed by atoms with Gasteiger partial charge in [-0.2, -0.15) is 0 Å². The van der Waals surface area contributed by atoms with Crippen LogP contribution in [0.5, 0.6) is 5.75 Å². The van der Waals surface area contributed by atoms with Gasteiger partial charge in [-0.05, 0) is 49.4 Å². The van der Waals surface area contributed by atoms with Gasteiger partial charge in [0.15, 0.2) is 9.84 Å². The molecular weight excluding hydrogens is 426 g/mol. The Kier molecular flexibility index (Phi) is 7.92. The van der Waals surface area contributed by atoms with Crippen LogP contribution in [-0.2, 0) is 21.2 Å². The van der Waals surface area contributed by atoms with E-state index in [1.165, 1.54) is 11.8 Å². The lowest BCUT2D eigenvalue weighted by Gasteiger charge is -2.36. The molecule has 0 N–H and O–H groups in total. The molecule has 1 aliphatic heterocycles. The van der Waals surface area contributed by atoms with Crippen molar-refractivity contribution >= 4 is 15.7 Å². The number of hydrogen-bond acceptors (Lipinski definition) is 6. The van der Waals surface area contributed by atoms with Crippen LogP contribution in [0.1, 0.15) is 24.1 Å². The number of benzene rings is 2. The molecule has 0 saturated carbocycles. The second-order valence-electron chi connectivity index (χ2n) is 8.44. The van der Waals surface area contributed by atoms with Gasteiger partial charge in [-0.25, -0.2) is 8.42 Å². The number of nitrogens with zero attached hydrogens (tertiary/aromatic N) is 3. The number of methoxy groups -OCH3 is 1. The van der Waals surface area contributed by atoms with Crippen molar-refractivity contribution < 1.29 is 17.9 Å². The van der Waals surface area contributed by atoms with Crippen molar-refractivity contribution in [1.82, 2.24) is 14.7 Å². The highest BCUT2D eigenvalue weighted by molar-refractivity contribution is 7.90. The van der Waals surface area contributed by atoms with Crippen LogP contribution in [0, 0.1) is 0 Å². The first-order valence-corrected chi connectivity index (χ1v) is 12.7. The Hall–Kier alpha value is -2.42. The van der Waals surface area contributed by atoms with E-state index < -0.39 is 9.84 Å². The highest BCUT2D eigenvalue weighted by atomic mass is 32.2. The van der Waals surface area contributed by atoms with E-state index in [1.807, 2.05) is 48.0 Å². The van der Waals surface area contributed by atoms with Gasteiger partial charge in [-0.1, -0.05) is 24.3 Å². The van der Waals surface area contributed by atoms with Gasteiger partial charge < -0.3 is 9.64 Å². The minimum absolute atomic E-state index is 0.00363. The molecule has 1 unspecified atom stereocenters. The van der Waals surface area contributed by atoms with Crippen LogP contribution in [0.4, 0.5) is 0 Å². The molecule has 0 radical (unpaired) electrons. The molecule has 1 heterocycles. The summed E-state index contributed by atoms with van der Waals surface area (Å²) in [5, 5.41) is 0. The Morgan fingerprint density at radius 3 is 2.16 bits per heavy atom. The van der Waals surface area contributed by atoms with Crippen molar-refractivity contribution in [2.45, 2.75) is 24.4 Å². The van der Waals surface area contributed by atoms with Crippen LogP contribution < -0.4 is 4.74 Å². The number of piperazine rings is 1. The van der Waals surface area contributed by atoms with Crippen LogP contribution in [0.2, 0.25) is 0 Å². The summed E-state index contributed by atoms with van der Waals surface area (Å²) in [4.78, 5) is 19.4. The zero-order valence-corrected chi connectivity index (χ0v) is 20.1. The maximum absolute atomic E-state index is 12.8. The van der Waals surface area contributed by atoms with E-state index in [2.05, 4.69) is 17.0 Å². The van der Waals surface area contributed by atoms with Gasteiger partial charge in [0, 0.05) is 45.0 Å². The van der Waals surface area contributed by atoms with Crippen molar-refractivity contribution in [3.63, 3.8) is 0 Å². The monoisotopic (exact) mass is 459 g/mol. The summed E-state index contributed by atoms with van der Waals surface area (Å²) < 4.78 is 28.5. The van der Waals surface area contributed by atoms with Crippen molar-refractivity contribution in [2.24, 2.45) is 0 Å². The molecule has 1 saturated heterocycles. The first-order valence-electron chi connectivity index (χ1n) is 10.8. The minimum atomic E-state index is -3.21. The average Bonchev–Trinajstić information content (AvgIpc) is 2.79. The van der Waals surface area contributed by atoms with Crippen LogP contribution in [-0.4, -0.2) is 82.2 Å². The fraction of sp³-hybridized carbons (Fsp3) is 0.458. The largest absolute Gasteiger partial charge is 0.497 e. The Labute approximate surface area is 191 Å². The van der Waals surface area contributed by atoms with Crippen molar-refractivity contribution in [2.75, 3.05) is 53.1 Å². The fourth-order valence-electron chi connectivity index (χ4n) is 3.84. The molecule has 2 aromatic rings. The summed E-state index contributed by atoms with van der Waals surface area (Å²) in [6, 6.07) is 15.0. The maximum Gasteiger partial charge on any atom is 0.236 e. The molecular formula is C24H33N3O4S. The Bertz CT molecular complexity index is 999. The van der Waals surface area contributed by atoms with Crippen LogP contribution >= 0.6 is 0 Å². The van der Waals surface area contributed by atoms with Gasteiger partial charge in [0.1, 0.15) is 5.75 Å². The Morgan fingerprint density at radius 1 is 1.03 bits per heavy atom. The van der Waals surface area contributed by atoms with E-state index in [9.17, 15) is 13.2 Å². The first kappa shape index (κ1) is 24.2. The van der Waals surface area contributed by atoms with Crippen LogP contribution in [0.25, 0.3) is 0 Å². The molecule has 174 valence electrons. The minimum Gasteiger partial charge on any atom is -0.497 e. The van der Waals surface area contributed by atoms with Crippen molar-refractivity contribution in [3.05, 3.63) is 59.7 Å². The molecule has 1 amide bonds. The fourth-order valence-corrected chi connectivity index (χ4v) is 4.47. The summed E-state index contributed by atoms with van der Waals surface area (Å²) in [6.07, 6.45) is 1.20. The molecule has 1 fully saturated rings. The number of hydrogen-bond donors (Lipinski definition) is 0. The molecule has 0 bridgehead atoms. The summed E-state index contributed by atoms with van der Waals surface area (Å²) in [7, 11) is 0.377. The van der Waals surface area contributed by atoms with E-state index in [1.54, 1.807) is 19.2 Å². The van der Waals surface area contributed by atoms with Gasteiger partial charge in [0.05, 0.1) is 18.6 Å². The lowest BCUT2D eigenvalue weighted by Crippen LogP contribution is -2.50.